The lowest BCUT2D eigenvalue weighted by Gasteiger charge is -2.29. The Morgan fingerprint density at radius 2 is 1.92 bits per heavy atom. The lowest BCUT2D eigenvalue weighted by molar-refractivity contribution is -0.151. The van der Waals surface area contributed by atoms with Crippen LogP contribution in [0.15, 0.2) is 0 Å². The SMILES string of the molecule is Cc1nn(C)c(C)c1CC(C)C(=O)N1CCC(C(=O)O)(C(C)C)C1. The zero-order valence-electron chi connectivity index (χ0n) is 15.6. The summed E-state index contributed by atoms with van der Waals surface area (Å²) in [5.41, 5.74) is 2.34. The molecule has 1 aliphatic rings. The number of likely N-dealkylation sites (tertiary alicyclic amines) is 1. The number of nitrogens with zero attached hydrogens (tertiary/aromatic N) is 3. The number of hydrogen-bond acceptors (Lipinski definition) is 3. The van der Waals surface area contributed by atoms with E-state index in [1.165, 1.54) is 0 Å². The normalized spacial score (nSPS) is 22.2. The molecule has 6 heteroatoms. The number of hydrogen-bond donors (Lipinski definition) is 1. The van der Waals surface area contributed by atoms with Gasteiger partial charge < -0.3 is 10.0 Å². The van der Waals surface area contributed by atoms with Crippen molar-refractivity contribution in [2.75, 3.05) is 13.1 Å². The number of carbonyl (C=O) groups excluding carboxylic acids is 1. The smallest absolute Gasteiger partial charge is 0.311 e. The lowest BCUT2D eigenvalue weighted by atomic mass is 9.76. The van der Waals surface area contributed by atoms with Crippen molar-refractivity contribution in [3.05, 3.63) is 17.0 Å². The van der Waals surface area contributed by atoms with Gasteiger partial charge in [0.05, 0.1) is 11.1 Å². The van der Waals surface area contributed by atoms with Crippen molar-refractivity contribution < 1.29 is 14.7 Å². The van der Waals surface area contributed by atoms with Gasteiger partial charge in [0.25, 0.3) is 0 Å². The molecule has 1 aromatic heterocycles. The number of carboxylic acids is 1. The van der Waals surface area contributed by atoms with Gasteiger partial charge >= 0.3 is 5.97 Å². The molecule has 1 N–H and O–H groups in total. The maximum absolute atomic E-state index is 12.8. The van der Waals surface area contributed by atoms with E-state index in [9.17, 15) is 14.7 Å². The van der Waals surface area contributed by atoms with Gasteiger partial charge in [0, 0.05) is 31.7 Å². The molecule has 1 fully saturated rings. The highest BCUT2D eigenvalue weighted by Crippen LogP contribution is 2.38. The molecule has 1 aromatic rings. The Labute approximate surface area is 143 Å². The number of rotatable bonds is 5. The maximum atomic E-state index is 12.8. The minimum absolute atomic E-state index is 0.00548. The van der Waals surface area contributed by atoms with E-state index in [4.69, 9.17) is 0 Å². The minimum Gasteiger partial charge on any atom is -0.481 e. The van der Waals surface area contributed by atoms with Crippen LogP contribution in [-0.4, -0.2) is 44.8 Å². The second kappa shape index (κ2) is 6.57. The highest BCUT2D eigenvalue weighted by Gasteiger charge is 2.48. The van der Waals surface area contributed by atoms with Crippen LogP contribution in [0.5, 0.6) is 0 Å². The quantitative estimate of drug-likeness (QED) is 0.895. The summed E-state index contributed by atoms with van der Waals surface area (Å²) >= 11 is 0. The molecular weight excluding hydrogens is 306 g/mol. The van der Waals surface area contributed by atoms with Crippen LogP contribution in [0, 0.1) is 31.1 Å². The van der Waals surface area contributed by atoms with Crippen LogP contribution >= 0.6 is 0 Å². The van der Waals surface area contributed by atoms with Crippen LogP contribution in [0.4, 0.5) is 0 Å². The summed E-state index contributed by atoms with van der Waals surface area (Å²) in [7, 11) is 1.91. The number of aromatic nitrogens is 2. The fourth-order valence-corrected chi connectivity index (χ4v) is 3.73. The first kappa shape index (κ1) is 18.5. The predicted molar refractivity (Wildman–Crippen MR) is 91.7 cm³/mol. The highest BCUT2D eigenvalue weighted by molar-refractivity contribution is 5.82. The maximum Gasteiger partial charge on any atom is 0.311 e. The van der Waals surface area contributed by atoms with Crippen LogP contribution in [0.1, 0.15) is 44.1 Å². The van der Waals surface area contributed by atoms with Crippen molar-refractivity contribution in [3.63, 3.8) is 0 Å². The second-order valence-corrected chi connectivity index (χ2v) is 7.50. The van der Waals surface area contributed by atoms with Gasteiger partial charge in [-0.3, -0.25) is 14.3 Å². The van der Waals surface area contributed by atoms with Gasteiger partial charge in [-0.2, -0.15) is 5.10 Å². The molecule has 0 spiro atoms. The van der Waals surface area contributed by atoms with Gasteiger partial charge in [0.1, 0.15) is 0 Å². The first-order valence-corrected chi connectivity index (χ1v) is 8.61. The third kappa shape index (κ3) is 3.06. The van der Waals surface area contributed by atoms with Gasteiger partial charge in [-0.05, 0) is 38.2 Å². The Kier molecular flexibility index (Phi) is 5.06. The van der Waals surface area contributed by atoms with E-state index in [0.717, 1.165) is 17.0 Å². The summed E-state index contributed by atoms with van der Waals surface area (Å²) in [5.74, 6) is -0.921. The summed E-state index contributed by atoms with van der Waals surface area (Å²) < 4.78 is 1.84. The molecule has 1 aliphatic heterocycles. The molecule has 2 heterocycles. The summed E-state index contributed by atoms with van der Waals surface area (Å²) in [6.45, 7) is 10.6. The molecule has 0 aliphatic carbocycles. The number of carbonyl (C=O) groups is 2. The molecule has 2 rings (SSSR count). The van der Waals surface area contributed by atoms with Crippen LogP contribution in [0.25, 0.3) is 0 Å². The fraction of sp³-hybridized carbons (Fsp3) is 0.722. The first-order valence-electron chi connectivity index (χ1n) is 8.61. The zero-order chi connectivity index (χ0) is 18.2. The molecule has 1 amide bonds. The van der Waals surface area contributed by atoms with Crippen LogP contribution in [0.2, 0.25) is 0 Å². The van der Waals surface area contributed by atoms with Gasteiger partial charge in [-0.1, -0.05) is 20.8 Å². The number of aryl methyl sites for hydroxylation is 2. The predicted octanol–water partition coefficient (Wildman–Crippen LogP) is 2.17. The monoisotopic (exact) mass is 335 g/mol. The molecule has 2 atom stereocenters. The van der Waals surface area contributed by atoms with E-state index in [1.807, 2.05) is 46.3 Å². The van der Waals surface area contributed by atoms with Gasteiger partial charge in [-0.25, -0.2) is 0 Å². The summed E-state index contributed by atoms with van der Waals surface area (Å²) in [4.78, 5) is 26.3. The van der Waals surface area contributed by atoms with E-state index in [1.54, 1.807) is 4.90 Å². The Balaban J connectivity index is 2.11. The van der Waals surface area contributed by atoms with Crippen molar-refractivity contribution in [1.82, 2.24) is 14.7 Å². The average Bonchev–Trinajstić information content (AvgIpc) is 3.05. The van der Waals surface area contributed by atoms with Crippen LogP contribution in [-0.2, 0) is 23.1 Å². The lowest BCUT2D eigenvalue weighted by Crippen LogP contribution is -2.42. The molecule has 0 aromatic carbocycles. The van der Waals surface area contributed by atoms with E-state index in [-0.39, 0.29) is 17.7 Å². The number of carboxylic acid groups (broad SMARTS) is 1. The molecule has 0 saturated carbocycles. The highest BCUT2D eigenvalue weighted by atomic mass is 16.4. The largest absolute Gasteiger partial charge is 0.481 e. The Bertz CT molecular complexity index is 650. The first-order chi connectivity index (χ1) is 11.1. The fourth-order valence-electron chi connectivity index (χ4n) is 3.73. The van der Waals surface area contributed by atoms with Crippen LogP contribution in [0.3, 0.4) is 0 Å². The van der Waals surface area contributed by atoms with Crippen molar-refractivity contribution >= 4 is 11.9 Å². The second-order valence-electron chi connectivity index (χ2n) is 7.50. The standard InChI is InChI=1S/C18H29N3O3/c1-11(2)18(17(23)24)7-8-21(10-18)16(22)12(3)9-15-13(4)19-20(6)14(15)5/h11-12H,7-10H2,1-6H3,(H,23,24). The number of aliphatic carboxylic acids is 1. The summed E-state index contributed by atoms with van der Waals surface area (Å²) in [6.07, 6.45) is 1.17. The molecule has 2 unspecified atom stereocenters. The Morgan fingerprint density at radius 3 is 2.33 bits per heavy atom. The van der Waals surface area contributed by atoms with Crippen molar-refractivity contribution in [1.29, 1.82) is 0 Å². The van der Waals surface area contributed by atoms with Gasteiger partial charge in [-0.15, -0.1) is 0 Å². The average molecular weight is 335 g/mol. The third-order valence-corrected chi connectivity index (χ3v) is 5.73. The molecule has 0 radical (unpaired) electrons. The topological polar surface area (TPSA) is 75.4 Å². The molecule has 1 saturated heterocycles. The Hall–Kier alpha value is -1.85. The molecule has 0 bridgehead atoms. The van der Waals surface area contributed by atoms with Gasteiger partial charge in [0.15, 0.2) is 0 Å². The molecule has 6 nitrogen and oxygen atoms in total. The molecular formula is C18H29N3O3. The van der Waals surface area contributed by atoms with Crippen molar-refractivity contribution in [2.24, 2.45) is 24.3 Å². The van der Waals surface area contributed by atoms with E-state index < -0.39 is 11.4 Å². The Morgan fingerprint density at radius 1 is 1.29 bits per heavy atom. The summed E-state index contributed by atoms with van der Waals surface area (Å²) in [5, 5.41) is 14.0. The summed E-state index contributed by atoms with van der Waals surface area (Å²) in [6, 6.07) is 0. The molecule has 24 heavy (non-hydrogen) atoms. The van der Waals surface area contributed by atoms with E-state index in [2.05, 4.69) is 5.10 Å². The third-order valence-electron chi connectivity index (χ3n) is 5.73. The minimum atomic E-state index is -0.810. The zero-order valence-corrected chi connectivity index (χ0v) is 15.6. The van der Waals surface area contributed by atoms with Crippen molar-refractivity contribution in [3.8, 4) is 0 Å². The van der Waals surface area contributed by atoms with E-state index in [0.29, 0.717) is 25.9 Å². The number of amides is 1. The van der Waals surface area contributed by atoms with Crippen LogP contribution < -0.4 is 0 Å². The molecule has 134 valence electrons. The van der Waals surface area contributed by atoms with Crippen molar-refractivity contribution in [2.45, 2.75) is 47.5 Å². The van der Waals surface area contributed by atoms with Gasteiger partial charge in [0.2, 0.25) is 5.91 Å². The van der Waals surface area contributed by atoms with E-state index >= 15 is 0 Å².